The smallest absolute Gasteiger partial charge is 0.341 e. The number of pyridine rings is 1. The van der Waals surface area contributed by atoms with Crippen molar-refractivity contribution in [1.82, 2.24) is 4.98 Å². The number of amides is 1. The van der Waals surface area contributed by atoms with Gasteiger partial charge in [0.2, 0.25) is 0 Å². The minimum Gasteiger partial charge on any atom is -0.491 e. The lowest BCUT2D eigenvalue weighted by Crippen LogP contribution is -2.16. The molecule has 0 unspecified atom stereocenters. The van der Waals surface area contributed by atoms with E-state index >= 15 is 0 Å². The number of carbonyl (C=O) groups is 2. The number of nitrogens with one attached hydrogen (secondary N) is 1. The first-order valence-corrected chi connectivity index (χ1v) is 14.1. The summed E-state index contributed by atoms with van der Waals surface area (Å²) in [5.41, 5.74) is 4.36. The molecule has 2 heterocycles. The fourth-order valence-corrected chi connectivity index (χ4v) is 6.18. The Morgan fingerprint density at radius 3 is 2.55 bits per heavy atom. The minimum absolute atomic E-state index is 0.0849. The van der Waals surface area contributed by atoms with Gasteiger partial charge in [-0.2, -0.15) is 0 Å². The van der Waals surface area contributed by atoms with Crippen molar-refractivity contribution in [1.29, 1.82) is 0 Å². The van der Waals surface area contributed by atoms with Crippen LogP contribution in [-0.2, 0) is 17.6 Å². The van der Waals surface area contributed by atoms with Gasteiger partial charge in [-0.25, -0.2) is 9.78 Å². The van der Waals surface area contributed by atoms with E-state index in [0.29, 0.717) is 21.8 Å². The van der Waals surface area contributed by atoms with Crippen molar-refractivity contribution in [2.45, 2.75) is 59.0 Å². The molecule has 7 heteroatoms. The molecule has 5 rings (SSSR count). The van der Waals surface area contributed by atoms with Gasteiger partial charge >= 0.3 is 5.97 Å². The Morgan fingerprint density at radius 1 is 1.03 bits per heavy atom. The zero-order valence-electron chi connectivity index (χ0n) is 22.0. The lowest BCUT2D eigenvalue weighted by atomic mass is 10.0. The van der Waals surface area contributed by atoms with Crippen LogP contribution in [0, 0.1) is 0 Å². The maximum atomic E-state index is 13.8. The Morgan fingerprint density at radius 2 is 1.79 bits per heavy atom. The number of thiophene rings is 1. The van der Waals surface area contributed by atoms with Gasteiger partial charge in [0.05, 0.1) is 35.0 Å². The number of aryl methyl sites for hydroxylation is 1. The predicted molar refractivity (Wildman–Crippen MR) is 152 cm³/mol. The van der Waals surface area contributed by atoms with Gasteiger partial charge < -0.3 is 14.8 Å². The molecular weight excluding hydrogens is 496 g/mol. The normalized spacial score (nSPS) is 13.2. The van der Waals surface area contributed by atoms with E-state index in [0.717, 1.165) is 59.9 Å². The highest BCUT2D eigenvalue weighted by Gasteiger charge is 2.27. The highest BCUT2D eigenvalue weighted by molar-refractivity contribution is 7.17. The number of nitrogens with zero attached hydrogens (tertiary/aromatic N) is 1. The number of carbonyl (C=O) groups excluding carboxylic acids is 2. The first-order valence-electron chi connectivity index (χ1n) is 13.2. The summed E-state index contributed by atoms with van der Waals surface area (Å²) in [5, 5.41) is 4.40. The van der Waals surface area contributed by atoms with Crippen molar-refractivity contribution in [2.24, 2.45) is 0 Å². The van der Waals surface area contributed by atoms with Crippen LogP contribution in [0.15, 0.2) is 54.6 Å². The molecule has 196 valence electrons. The van der Waals surface area contributed by atoms with Gasteiger partial charge in [-0.3, -0.25) is 4.79 Å². The standard InChI is InChI=1S/C31H32N2O4S/c1-4-36-31(35)28-23-11-6-5-7-13-27(23)38-30(28)33-29(34)24-18-26(32-25-12-9-8-10-22(24)25)20-14-16-21(17-15-20)37-19(2)3/h8-10,12,14-19H,4-7,11,13H2,1-3H3,(H,33,34). The number of hydrogen-bond acceptors (Lipinski definition) is 6. The lowest BCUT2D eigenvalue weighted by molar-refractivity contribution is 0.0527. The molecule has 1 N–H and O–H groups in total. The van der Waals surface area contributed by atoms with E-state index in [4.69, 9.17) is 14.5 Å². The molecule has 1 aliphatic rings. The van der Waals surface area contributed by atoms with Crippen molar-refractivity contribution < 1.29 is 19.1 Å². The van der Waals surface area contributed by atoms with Gasteiger partial charge in [-0.1, -0.05) is 24.6 Å². The number of rotatable bonds is 7. The van der Waals surface area contributed by atoms with Crippen LogP contribution in [0.4, 0.5) is 5.00 Å². The Labute approximate surface area is 227 Å². The Kier molecular flexibility index (Phi) is 7.74. The van der Waals surface area contributed by atoms with E-state index in [2.05, 4.69) is 5.32 Å². The molecule has 0 spiro atoms. The van der Waals surface area contributed by atoms with E-state index < -0.39 is 0 Å². The van der Waals surface area contributed by atoms with Crippen LogP contribution >= 0.6 is 11.3 Å². The number of aromatic nitrogens is 1. The van der Waals surface area contributed by atoms with Crippen LogP contribution in [0.25, 0.3) is 22.2 Å². The first kappa shape index (κ1) is 25.9. The van der Waals surface area contributed by atoms with Crippen LogP contribution in [-0.4, -0.2) is 29.6 Å². The van der Waals surface area contributed by atoms with Crippen molar-refractivity contribution in [3.05, 3.63) is 76.2 Å². The van der Waals surface area contributed by atoms with Crippen LogP contribution in [0.3, 0.4) is 0 Å². The van der Waals surface area contributed by atoms with E-state index in [-0.39, 0.29) is 24.6 Å². The molecule has 0 atom stereocenters. The third-order valence-corrected chi connectivity index (χ3v) is 7.82. The van der Waals surface area contributed by atoms with Crippen LogP contribution in [0.5, 0.6) is 5.75 Å². The van der Waals surface area contributed by atoms with Gasteiger partial charge in [0.25, 0.3) is 5.91 Å². The Bertz CT molecular complexity index is 1470. The average molecular weight is 529 g/mol. The molecule has 38 heavy (non-hydrogen) atoms. The molecule has 1 aliphatic carbocycles. The second-order valence-corrected chi connectivity index (χ2v) is 10.8. The molecule has 0 saturated heterocycles. The Balaban J connectivity index is 1.53. The number of fused-ring (bicyclic) bond motifs is 2. The van der Waals surface area contributed by atoms with Gasteiger partial charge in [0.15, 0.2) is 0 Å². The van der Waals surface area contributed by atoms with Crippen LogP contribution in [0.1, 0.15) is 71.2 Å². The highest BCUT2D eigenvalue weighted by Crippen LogP contribution is 2.38. The summed E-state index contributed by atoms with van der Waals surface area (Å²) in [7, 11) is 0. The molecule has 2 aromatic carbocycles. The SMILES string of the molecule is CCOC(=O)c1c(NC(=O)c2cc(-c3ccc(OC(C)C)cc3)nc3ccccc23)sc2c1CCCCC2. The van der Waals surface area contributed by atoms with Crippen molar-refractivity contribution in [3.63, 3.8) is 0 Å². The zero-order chi connectivity index (χ0) is 26.6. The number of para-hydroxylation sites is 1. The number of anilines is 1. The molecule has 0 saturated carbocycles. The third-order valence-electron chi connectivity index (χ3n) is 6.61. The first-order chi connectivity index (χ1) is 18.4. The number of esters is 1. The topological polar surface area (TPSA) is 77.5 Å². The molecule has 0 radical (unpaired) electrons. The zero-order valence-corrected chi connectivity index (χ0v) is 22.8. The number of hydrogen-bond donors (Lipinski definition) is 1. The van der Waals surface area contributed by atoms with E-state index in [9.17, 15) is 9.59 Å². The number of benzene rings is 2. The van der Waals surface area contributed by atoms with Gasteiger partial charge in [0, 0.05) is 15.8 Å². The summed E-state index contributed by atoms with van der Waals surface area (Å²) in [6, 6.07) is 17.2. The largest absolute Gasteiger partial charge is 0.491 e. The molecule has 1 amide bonds. The summed E-state index contributed by atoms with van der Waals surface area (Å²) >= 11 is 1.50. The highest BCUT2D eigenvalue weighted by atomic mass is 32.1. The summed E-state index contributed by atoms with van der Waals surface area (Å²) in [5.74, 6) is 0.143. The van der Waals surface area contributed by atoms with Gasteiger partial charge in [-0.15, -0.1) is 11.3 Å². The third kappa shape index (κ3) is 5.43. The van der Waals surface area contributed by atoms with Gasteiger partial charge in [-0.05, 0) is 88.4 Å². The summed E-state index contributed by atoms with van der Waals surface area (Å²) in [6.45, 7) is 6.06. The van der Waals surface area contributed by atoms with Crippen molar-refractivity contribution in [2.75, 3.05) is 11.9 Å². The summed E-state index contributed by atoms with van der Waals surface area (Å²) in [4.78, 5) is 32.8. The monoisotopic (exact) mass is 528 g/mol. The fraction of sp³-hybridized carbons (Fsp3) is 0.323. The molecule has 0 aliphatic heterocycles. The molecule has 6 nitrogen and oxygen atoms in total. The van der Waals surface area contributed by atoms with E-state index in [1.165, 1.54) is 16.2 Å². The maximum absolute atomic E-state index is 13.8. The molecule has 0 fully saturated rings. The summed E-state index contributed by atoms with van der Waals surface area (Å²) in [6.07, 6.45) is 5.09. The van der Waals surface area contributed by atoms with Crippen molar-refractivity contribution in [3.8, 4) is 17.0 Å². The second kappa shape index (κ2) is 11.4. The summed E-state index contributed by atoms with van der Waals surface area (Å²) < 4.78 is 11.2. The van der Waals surface area contributed by atoms with E-state index in [1.54, 1.807) is 6.92 Å². The maximum Gasteiger partial charge on any atom is 0.341 e. The average Bonchev–Trinajstić information content (AvgIpc) is 3.08. The number of ether oxygens (including phenoxy) is 2. The molecule has 0 bridgehead atoms. The van der Waals surface area contributed by atoms with E-state index in [1.807, 2.05) is 68.4 Å². The quantitative estimate of drug-likeness (QED) is 0.199. The van der Waals surface area contributed by atoms with Crippen molar-refractivity contribution >= 4 is 39.1 Å². The lowest BCUT2D eigenvalue weighted by Gasteiger charge is -2.13. The predicted octanol–water partition coefficient (Wildman–Crippen LogP) is 7.45. The molecule has 2 aromatic heterocycles. The second-order valence-electron chi connectivity index (χ2n) is 9.71. The van der Waals surface area contributed by atoms with Crippen LogP contribution in [0.2, 0.25) is 0 Å². The minimum atomic E-state index is -0.369. The fourth-order valence-electron chi connectivity index (χ4n) is 4.91. The van der Waals surface area contributed by atoms with Gasteiger partial charge in [0.1, 0.15) is 10.8 Å². The molecular formula is C31H32N2O4S. The Hall–Kier alpha value is -3.71. The molecule has 4 aromatic rings. The van der Waals surface area contributed by atoms with Crippen LogP contribution < -0.4 is 10.1 Å².